The fourth-order valence-electron chi connectivity index (χ4n) is 2.70. The van der Waals surface area contributed by atoms with Gasteiger partial charge in [-0.05, 0) is 31.4 Å². The fourth-order valence-corrected chi connectivity index (χ4v) is 2.70. The van der Waals surface area contributed by atoms with E-state index in [1.54, 1.807) is 6.08 Å². The third kappa shape index (κ3) is 2.18. The monoisotopic (exact) mass is 245 g/mol. The van der Waals surface area contributed by atoms with Crippen LogP contribution in [0.5, 0.6) is 0 Å². The molecular formula is C15H19NO2. The summed E-state index contributed by atoms with van der Waals surface area (Å²) in [5, 5.41) is 9.67. The van der Waals surface area contributed by atoms with Crippen molar-refractivity contribution in [2.45, 2.75) is 24.8 Å². The highest BCUT2D eigenvalue weighted by molar-refractivity contribution is 5.95. The zero-order valence-corrected chi connectivity index (χ0v) is 10.5. The van der Waals surface area contributed by atoms with E-state index in [0.29, 0.717) is 18.5 Å². The molecule has 1 aromatic carbocycles. The minimum atomic E-state index is -0.450. The number of rotatable bonds is 4. The maximum absolute atomic E-state index is 12.5. The summed E-state index contributed by atoms with van der Waals surface area (Å²) in [7, 11) is 0. The largest absolute Gasteiger partial charge is 0.394 e. The molecule has 96 valence electrons. The molecule has 0 bridgehead atoms. The average molecular weight is 245 g/mol. The van der Waals surface area contributed by atoms with Crippen molar-refractivity contribution in [1.82, 2.24) is 4.90 Å². The molecule has 1 atom stereocenters. The second kappa shape index (κ2) is 5.36. The van der Waals surface area contributed by atoms with Gasteiger partial charge in [-0.3, -0.25) is 4.79 Å². The maximum atomic E-state index is 12.5. The van der Waals surface area contributed by atoms with Crippen molar-refractivity contribution >= 4 is 5.91 Å². The molecule has 1 heterocycles. The molecule has 0 aromatic heterocycles. The van der Waals surface area contributed by atoms with Gasteiger partial charge in [-0.15, -0.1) is 6.58 Å². The molecule has 1 amide bonds. The lowest BCUT2D eigenvalue weighted by Crippen LogP contribution is -2.49. The van der Waals surface area contributed by atoms with Gasteiger partial charge in [-0.2, -0.15) is 0 Å². The van der Waals surface area contributed by atoms with E-state index in [2.05, 4.69) is 6.58 Å². The minimum absolute atomic E-state index is 0.00239. The third-order valence-corrected chi connectivity index (χ3v) is 3.68. The molecule has 1 aliphatic heterocycles. The number of benzene rings is 1. The number of hydrogen-bond donors (Lipinski definition) is 1. The molecule has 1 unspecified atom stereocenters. The Morgan fingerprint density at radius 2 is 2.17 bits per heavy atom. The molecule has 0 saturated carbocycles. The summed E-state index contributed by atoms with van der Waals surface area (Å²) in [6.07, 6.45) is 4.20. The van der Waals surface area contributed by atoms with E-state index in [1.165, 1.54) is 0 Å². The summed E-state index contributed by atoms with van der Waals surface area (Å²) in [6, 6.07) is 9.24. The molecule has 1 fully saturated rings. The number of likely N-dealkylation sites (tertiary alicyclic amines) is 1. The predicted molar refractivity (Wildman–Crippen MR) is 71.3 cm³/mol. The van der Waals surface area contributed by atoms with Crippen molar-refractivity contribution < 1.29 is 9.90 Å². The third-order valence-electron chi connectivity index (χ3n) is 3.68. The molecule has 18 heavy (non-hydrogen) atoms. The molecule has 1 N–H and O–H groups in total. The van der Waals surface area contributed by atoms with Crippen LogP contribution in [0.1, 0.15) is 29.6 Å². The van der Waals surface area contributed by atoms with E-state index in [1.807, 2.05) is 35.2 Å². The lowest BCUT2D eigenvalue weighted by atomic mass is 9.92. The molecule has 0 aliphatic carbocycles. The van der Waals surface area contributed by atoms with Gasteiger partial charge in [0, 0.05) is 12.1 Å². The van der Waals surface area contributed by atoms with Crippen LogP contribution >= 0.6 is 0 Å². The molecule has 0 spiro atoms. The minimum Gasteiger partial charge on any atom is -0.394 e. The van der Waals surface area contributed by atoms with Gasteiger partial charge in [0.05, 0.1) is 12.1 Å². The normalized spacial score (nSPS) is 23.1. The maximum Gasteiger partial charge on any atom is 0.254 e. The quantitative estimate of drug-likeness (QED) is 0.826. The number of carbonyl (C=O) groups is 1. The number of aliphatic hydroxyl groups is 1. The Morgan fingerprint density at radius 3 is 2.78 bits per heavy atom. The van der Waals surface area contributed by atoms with Gasteiger partial charge in [0.25, 0.3) is 5.91 Å². The molecule has 1 aromatic rings. The highest BCUT2D eigenvalue weighted by atomic mass is 16.3. The van der Waals surface area contributed by atoms with Crippen molar-refractivity contribution in [3.63, 3.8) is 0 Å². The molecule has 3 heteroatoms. The van der Waals surface area contributed by atoms with Crippen LogP contribution in [0.15, 0.2) is 43.0 Å². The summed E-state index contributed by atoms with van der Waals surface area (Å²) >= 11 is 0. The first-order valence-corrected chi connectivity index (χ1v) is 6.32. The number of carbonyl (C=O) groups excluding carboxylic acids is 1. The Balaban J connectivity index is 2.26. The Morgan fingerprint density at radius 1 is 1.44 bits per heavy atom. The van der Waals surface area contributed by atoms with E-state index < -0.39 is 5.54 Å². The Hall–Kier alpha value is -1.61. The Bertz CT molecular complexity index is 429. The SMILES string of the molecule is C=CCC1(CO)CCCN1C(=O)c1ccccc1. The number of hydrogen-bond acceptors (Lipinski definition) is 2. The van der Waals surface area contributed by atoms with E-state index in [0.717, 1.165) is 12.8 Å². The van der Waals surface area contributed by atoms with Gasteiger partial charge in [-0.25, -0.2) is 0 Å². The van der Waals surface area contributed by atoms with Crippen LogP contribution < -0.4 is 0 Å². The molecule has 3 nitrogen and oxygen atoms in total. The highest BCUT2D eigenvalue weighted by Gasteiger charge is 2.42. The fraction of sp³-hybridized carbons (Fsp3) is 0.400. The zero-order valence-electron chi connectivity index (χ0n) is 10.5. The summed E-state index contributed by atoms with van der Waals surface area (Å²) < 4.78 is 0. The summed E-state index contributed by atoms with van der Waals surface area (Å²) in [4.78, 5) is 14.3. The van der Waals surface area contributed by atoms with Crippen molar-refractivity contribution in [3.8, 4) is 0 Å². The number of aliphatic hydroxyl groups excluding tert-OH is 1. The van der Waals surface area contributed by atoms with E-state index in [9.17, 15) is 9.90 Å². The van der Waals surface area contributed by atoms with Crippen LogP contribution in [0.2, 0.25) is 0 Å². The molecule has 1 saturated heterocycles. The molecule has 1 aliphatic rings. The van der Waals surface area contributed by atoms with Gasteiger partial charge in [0.1, 0.15) is 0 Å². The molecule has 0 radical (unpaired) electrons. The van der Waals surface area contributed by atoms with Crippen LogP contribution in [-0.4, -0.2) is 34.6 Å². The van der Waals surface area contributed by atoms with Crippen molar-refractivity contribution in [2.75, 3.05) is 13.2 Å². The average Bonchev–Trinajstić information content (AvgIpc) is 2.83. The van der Waals surface area contributed by atoms with Crippen molar-refractivity contribution in [1.29, 1.82) is 0 Å². The van der Waals surface area contributed by atoms with Gasteiger partial charge in [0.2, 0.25) is 0 Å². The van der Waals surface area contributed by atoms with Crippen LogP contribution in [0.4, 0.5) is 0 Å². The van der Waals surface area contributed by atoms with Crippen molar-refractivity contribution in [3.05, 3.63) is 48.6 Å². The van der Waals surface area contributed by atoms with Gasteiger partial charge in [0.15, 0.2) is 0 Å². The van der Waals surface area contributed by atoms with E-state index >= 15 is 0 Å². The first-order valence-electron chi connectivity index (χ1n) is 6.32. The van der Waals surface area contributed by atoms with Crippen LogP contribution in [0.25, 0.3) is 0 Å². The number of nitrogens with zero attached hydrogens (tertiary/aromatic N) is 1. The lowest BCUT2D eigenvalue weighted by Gasteiger charge is -2.36. The van der Waals surface area contributed by atoms with Crippen LogP contribution in [-0.2, 0) is 0 Å². The standard InChI is InChI=1S/C15H19NO2/c1-2-9-15(12-17)10-6-11-16(15)14(18)13-7-4-3-5-8-13/h2-5,7-8,17H,1,6,9-12H2. The van der Waals surface area contributed by atoms with Crippen LogP contribution in [0, 0.1) is 0 Å². The zero-order chi connectivity index (χ0) is 13.0. The molecular weight excluding hydrogens is 226 g/mol. The van der Waals surface area contributed by atoms with E-state index in [4.69, 9.17) is 0 Å². The summed E-state index contributed by atoms with van der Waals surface area (Å²) in [6.45, 7) is 4.44. The second-order valence-corrected chi connectivity index (χ2v) is 4.80. The predicted octanol–water partition coefficient (Wildman–Crippen LogP) is 2.23. The van der Waals surface area contributed by atoms with Gasteiger partial charge < -0.3 is 10.0 Å². The molecule has 2 rings (SSSR count). The highest BCUT2D eigenvalue weighted by Crippen LogP contribution is 2.33. The Labute approximate surface area is 108 Å². The second-order valence-electron chi connectivity index (χ2n) is 4.80. The van der Waals surface area contributed by atoms with E-state index in [-0.39, 0.29) is 12.5 Å². The van der Waals surface area contributed by atoms with Gasteiger partial charge >= 0.3 is 0 Å². The van der Waals surface area contributed by atoms with Crippen molar-refractivity contribution in [2.24, 2.45) is 0 Å². The van der Waals surface area contributed by atoms with Crippen LogP contribution in [0.3, 0.4) is 0 Å². The first kappa shape index (κ1) is 12.8. The number of amides is 1. The van der Waals surface area contributed by atoms with Gasteiger partial charge in [-0.1, -0.05) is 24.3 Å². The summed E-state index contributed by atoms with van der Waals surface area (Å²) in [5.41, 5.74) is 0.232. The lowest BCUT2D eigenvalue weighted by molar-refractivity contribution is 0.0421. The Kier molecular flexibility index (Phi) is 3.82. The first-order chi connectivity index (χ1) is 8.73. The smallest absolute Gasteiger partial charge is 0.254 e. The topological polar surface area (TPSA) is 40.5 Å². The summed E-state index contributed by atoms with van der Waals surface area (Å²) in [5.74, 6) is 0.00370.